The fourth-order valence-electron chi connectivity index (χ4n) is 0. The SMILES string of the molecule is [La].[Li].[O].[Rb].[Ta].[Zr]. The van der Waals surface area contributed by atoms with Crippen molar-refractivity contribution >= 4 is 77.0 Å². The van der Waals surface area contributed by atoms with Gasteiger partial charge in [-0.3, -0.25) is 0 Å². The zero-order valence-electron chi connectivity index (χ0n) is 3.93. The predicted octanol–water partition coefficient (Wildman–Crippen LogP) is -0.885. The smallest absolute Gasteiger partial charge is 0 e. The fraction of sp³-hybridized carbons (Fsp3) is 0. The first kappa shape index (κ1) is 43.2. The van der Waals surface area contributed by atoms with Crippen LogP contribution in [0.2, 0.25) is 0 Å². The molecule has 0 bridgehead atoms. The minimum absolute atomic E-state index is 0. The summed E-state index contributed by atoms with van der Waals surface area (Å²) in [6, 6.07) is 0. The molecule has 0 amide bonds. The summed E-state index contributed by atoms with van der Waals surface area (Å²) in [6.45, 7) is 0. The summed E-state index contributed by atoms with van der Waals surface area (Å²) in [5.41, 5.74) is 0. The van der Waals surface area contributed by atoms with Crippen molar-refractivity contribution in [1.29, 1.82) is 0 Å². The Morgan fingerprint density at radius 3 is 1.00 bits per heavy atom. The van der Waals surface area contributed by atoms with Gasteiger partial charge in [0.05, 0.1) is 0 Å². The summed E-state index contributed by atoms with van der Waals surface area (Å²) in [4.78, 5) is 0. The zero-order valence-corrected chi connectivity index (χ0v) is 18.1. The Morgan fingerprint density at radius 2 is 1.00 bits per heavy atom. The van der Waals surface area contributed by atoms with Crippen LogP contribution in [0.5, 0.6) is 0 Å². The predicted molar refractivity (Wildman–Crippen MR) is 12.2 cm³/mol. The van der Waals surface area contributed by atoms with Crippen molar-refractivity contribution < 1.29 is 89.7 Å². The third-order valence-electron chi connectivity index (χ3n) is 0. The van der Waals surface area contributed by atoms with E-state index in [-0.39, 0.29) is 167 Å². The van der Waals surface area contributed by atoms with Crippen molar-refractivity contribution in [2.45, 2.75) is 0 Å². The average Bonchev–Trinajstić information content (AvgIpc) is 0. The van der Waals surface area contributed by atoms with Crippen LogP contribution in [0.4, 0.5) is 0 Å². The van der Waals surface area contributed by atoms with E-state index < -0.39 is 0 Å². The van der Waals surface area contributed by atoms with Crippen LogP contribution in [0.1, 0.15) is 0 Å². The Morgan fingerprint density at radius 1 is 1.00 bits per heavy atom. The van der Waals surface area contributed by atoms with Crippen molar-refractivity contribution in [3.05, 3.63) is 0 Å². The van der Waals surface area contributed by atoms with Crippen LogP contribution in [0.15, 0.2) is 0 Å². The molecule has 0 aromatic rings. The second-order valence-corrected chi connectivity index (χ2v) is 0. The van der Waals surface area contributed by atoms with Crippen molar-refractivity contribution in [3.63, 3.8) is 0 Å². The Bertz CT molecular complexity index is 15.5. The molecule has 6 heavy (non-hydrogen) atoms. The molecule has 20 valence electrons. The van der Waals surface area contributed by atoms with Gasteiger partial charge >= 0.3 is 0 Å². The molecule has 6 heteroatoms. The summed E-state index contributed by atoms with van der Waals surface area (Å²) in [6.07, 6.45) is 0. The summed E-state index contributed by atoms with van der Waals surface area (Å²) in [5.74, 6) is 0. The summed E-state index contributed by atoms with van der Waals surface area (Å²) >= 11 is 0. The van der Waals surface area contributed by atoms with Crippen molar-refractivity contribution in [3.8, 4) is 0 Å². The quantitative estimate of drug-likeness (QED) is 0.372. The van der Waals surface area contributed by atoms with Crippen LogP contribution < -0.4 is 0 Å². The first-order valence-electron chi connectivity index (χ1n) is 0. The molecule has 0 N–H and O–H groups in total. The van der Waals surface area contributed by atoms with Gasteiger partial charge in [-0.25, -0.2) is 0 Å². The number of hydrogen-bond donors (Lipinski definition) is 0. The van der Waals surface area contributed by atoms with E-state index in [4.69, 9.17) is 0 Å². The molecule has 0 saturated carbocycles. The minimum Gasteiger partial charge on any atom is 0 e. The molecular weight excluding hydrogens is 519 g/mol. The molecule has 0 aliphatic rings. The van der Waals surface area contributed by atoms with Gasteiger partial charge in [-0.15, -0.1) is 0 Å². The number of hydrogen-bond acceptors (Lipinski definition) is 0. The van der Waals surface area contributed by atoms with Crippen molar-refractivity contribution in [2.24, 2.45) is 0 Å². The third kappa shape index (κ3) is 22.9. The topological polar surface area (TPSA) is 28.5 Å². The number of rotatable bonds is 0. The molecule has 0 saturated heterocycles. The Labute approximate surface area is 161 Å². The molecule has 0 aliphatic heterocycles. The second kappa shape index (κ2) is 32.0. The third-order valence-corrected chi connectivity index (χ3v) is 0. The van der Waals surface area contributed by atoms with E-state index >= 15 is 0 Å². The fourth-order valence-corrected chi connectivity index (χ4v) is 0. The van der Waals surface area contributed by atoms with Gasteiger partial charge in [0, 0.05) is 167 Å². The molecule has 6 radical (unpaired) electrons. The first-order valence-corrected chi connectivity index (χ1v) is 0. The van der Waals surface area contributed by atoms with Gasteiger partial charge in [0.15, 0.2) is 0 Å². The van der Waals surface area contributed by atoms with Gasteiger partial charge < -0.3 is 0 Å². The monoisotopic (exact) mass is 518 g/mol. The van der Waals surface area contributed by atoms with E-state index in [0.717, 1.165) is 0 Å². The summed E-state index contributed by atoms with van der Waals surface area (Å²) in [7, 11) is 0. The molecule has 0 atom stereocenters. The molecule has 0 aliphatic carbocycles. The van der Waals surface area contributed by atoms with Gasteiger partial charge in [-0.2, -0.15) is 0 Å². The van der Waals surface area contributed by atoms with E-state index in [9.17, 15) is 0 Å². The van der Waals surface area contributed by atoms with Crippen LogP contribution in [0.3, 0.4) is 0 Å². The molecular formula is LaLiORbTaZr. The van der Waals surface area contributed by atoms with E-state index in [0.29, 0.717) is 0 Å². The van der Waals surface area contributed by atoms with Crippen LogP contribution >= 0.6 is 0 Å². The van der Waals surface area contributed by atoms with Crippen LogP contribution in [-0.2, 0) is 54.1 Å². The maximum absolute atomic E-state index is 0. The first-order chi connectivity index (χ1) is 0. The molecule has 0 aromatic heterocycles. The Hall–Kier alpha value is 5.18. The average molecular weight is 519 g/mol. The molecule has 0 unspecified atom stereocenters. The van der Waals surface area contributed by atoms with Gasteiger partial charge in [0.2, 0.25) is 0 Å². The van der Waals surface area contributed by atoms with E-state index in [1.807, 2.05) is 0 Å². The molecule has 0 heterocycles. The maximum Gasteiger partial charge on any atom is 0 e. The van der Waals surface area contributed by atoms with E-state index in [1.54, 1.807) is 0 Å². The van der Waals surface area contributed by atoms with Gasteiger partial charge in [-0.05, 0) is 0 Å². The molecule has 0 aromatic carbocycles. The van der Waals surface area contributed by atoms with Crippen molar-refractivity contribution in [1.82, 2.24) is 0 Å². The largest absolute Gasteiger partial charge is 0 e. The zero-order chi connectivity index (χ0) is 0. The molecule has 0 fully saturated rings. The van der Waals surface area contributed by atoms with Gasteiger partial charge in [0.1, 0.15) is 0 Å². The second-order valence-electron chi connectivity index (χ2n) is 0. The summed E-state index contributed by atoms with van der Waals surface area (Å²) < 4.78 is 0. The van der Waals surface area contributed by atoms with Crippen LogP contribution in [-0.4, -0.2) is 77.0 Å². The standard InChI is InChI=1S/La.Li.O.Rb.Ta.Zr. The minimum atomic E-state index is 0. The van der Waals surface area contributed by atoms with Crippen molar-refractivity contribution in [2.75, 3.05) is 0 Å². The van der Waals surface area contributed by atoms with Crippen LogP contribution in [0, 0.1) is 35.6 Å². The molecule has 0 rings (SSSR count). The normalized spacial score (nSPS) is 0. The van der Waals surface area contributed by atoms with E-state index in [2.05, 4.69) is 0 Å². The summed E-state index contributed by atoms with van der Waals surface area (Å²) in [5, 5.41) is 0. The van der Waals surface area contributed by atoms with E-state index in [1.165, 1.54) is 0 Å². The van der Waals surface area contributed by atoms with Gasteiger partial charge in [-0.1, -0.05) is 0 Å². The molecule has 1 nitrogen and oxygen atoms in total. The Balaban J connectivity index is 0. The van der Waals surface area contributed by atoms with Gasteiger partial charge in [0.25, 0.3) is 0 Å². The Kier molecular flexibility index (Phi) is 230. The molecule has 0 spiro atoms. The maximum atomic E-state index is 0. The van der Waals surface area contributed by atoms with Crippen LogP contribution in [0.25, 0.3) is 0 Å².